The van der Waals surface area contributed by atoms with E-state index in [2.05, 4.69) is 0 Å². The van der Waals surface area contributed by atoms with Crippen LogP contribution in [-0.2, 0) is 14.3 Å². The first-order valence-corrected chi connectivity index (χ1v) is 6.66. The van der Waals surface area contributed by atoms with E-state index in [4.69, 9.17) is 4.74 Å². The molecule has 1 aliphatic heterocycles. The summed E-state index contributed by atoms with van der Waals surface area (Å²) in [5.41, 5.74) is 0. The van der Waals surface area contributed by atoms with Crippen LogP contribution in [0.2, 0.25) is 0 Å². The van der Waals surface area contributed by atoms with Gasteiger partial charge in [0.15, 0.2) is 0 Å². The van der Waals surface area contributed by atoms with Crippen molar-refractivity contribution >= 4 is 11.9 Å². The third kappa shape index (κ3) is 2.11. The fourth-order valence-electron chi connectivity index (χ4n) is 3.48. The SMILES string of the molecule is CCC(OC)C(=O)N1CC2CCCC2C1C(=O)O. The molecule has 1 saturated carbocycles. The third-order valence-electron chi connectivity index (χ3n) is 4.36. The Balaban J connectivity index is 2.17. The van der Waals surface area contributed by atoms with Crippen LogP contribution in [0.5, 0.6) is 0 Å². The number of carboxylic acids is 1. The average molecular weight is 255 g/mol. The van der Waals surface area contributed by atoms with E-state index in [1.54, 1.807) is 0 Å². The molecule has 1 aliphatic carbocycles. The molecule has 102 valence electrons. The van der Waals surface area contributed by atoms with Crippen molar-refractivity contribution in [2.45, 2.75) is 44.8 Å². The summed E-state index contributed by atoms with van der Waals surface area (Å²) in [5.74, 6) is -0.532. The van der Waals surface area contributed by atoms with Gasteiger partial charge in [0.05, 0.1) is 0 Å². The maximum atomic E-state index is 12.3. The molecule has 2 aliphatic rings. The van der Waals surface area contributed by atoms with Gasteiger partial charge >= 0.3 is 5.97 Å². The van der Waals surface area contributed by atoms with Crippen molar-refractivity contribution in [3.63, 3.8) is 0 Å². The molecule has 2 rings (SSSR count). The first-order valence-electron chi connectivity index (χ1n) is 6.66. The Morgan fingerprint density at radius 1 is 1.44 bits per heavy atom. The van der Waals surface area contributed by atoms with E-state index in [0.717, 1.165) is 19.3 Å². The first-order chi connectivity index (χ1) is 8.60. The van der Waals surface area contributed by atoms with Crippen LogP contribution in [0, 0.1) is 11.8 Å². The largest absolute Gasteiger partial charge is 0.480 e. The molecule has 0 aromatic heterocycles. The van der Waals surface area contributed by atoms with Crippen molar-refractivity contribution in [2.24, 2.45) is 11.8 Å². The number of aliphatic carboxylic acids is 1. The second-order valence-electron chi connectivity index (χ2n) is 5.26. The van der Waals surface area contributed by atoms with Crippen LogP contribution in [0.1, 0.15) is 32.6 Å². The van der Waals surface area contributed by atoms with Gasteiger partial charge in [0, 0.05) is 13.7 Å². The van der Waals surface area contributed by atoms with E-state index >= 15 is 0 Å². The number of fused-ring (bicyclic) bond motifs is 1. The Morgan fingerprint density at radius 2 is 2.17 bits per heavy atom. The van der Waals surface area contributed by atoms with Crippen molar-refractivity contribution in [1.82, 2.24) is 4.90 Å². The van der Waals surface area contributed by atoms with Crippen molar-refractivity contribution in [2.75, 3.05) is 13.7 Å². The van der Waals surface area contributed by atoms with Crippen LogP contribution in [0.4, 0.5) is 0 Å². The Kier molecular flexibility index (Phi) is 3.90. The molecule has 0 bridgehead atoms. The minimum absolute atomic E-state index is 0.140. The van der Waals surface area contributed by atoms with Crippen LogP contribution >= 0.6 is 0 Å². The summed E-state index contributed by atoms with van der Waals surface area (Å²) in [7, 11) is 1.50. The van der Waals surface area contributed by atoms with Gasteiger partial charge < -0.3 is 14.7 Å². The van der Waals surface area contributed by atoms with E-state index in [9.17, 15) is 14.7 Å². The monoisotopic (exact) mass is 255 g/mol. The number of ether oxygens (including phenoxy) is 1. The number of amides is 1. The molecule has 1 saturated heterocycles. The zero-order chi connectivity index (χ0) is 13.3. The normalized spacial score (nSPS) is 32.3. The number of carboxylic acid groups (broad SMARTS) is 1. The summed E-state index contributed by atoms with van der Waals surface area (Å²) >= 11 is 0. The maximum Gasteiger partial charge on any atom is 0.326 e. The summed E-state index contributed by atoms with van der Waals surface area (Å²) < 4.78 is 5.14. The lowest BCUT2D eigenvalue weighted by molar-refractivity contribution is -0.154. The molecule has 1 amide bonds. The van der Waals surface area contributed by atoms with Crippen molar-refractivity contribution in [3.05, 3.63) is 0 Å². The van der Waals surface area contributed by atoms with Crippen LogP contribution in [-0.4, -0.2) is 47.7 Å². The molecule has 4 atom stereocenters. The lowest BCUT2D eigenvalue weighted by Crippen LogP contribution is -2.47. The second kappa shape index (κ2) is 5.26. The molecule has 5 heteroatoms. The van der Waals surface area contributed by atoms with Gasteiger partial charge in [-0.15, -0.1) is 0 Å². The molecule has 0 spiro atoms. The summed E-state index contributed by atoms with van der Waals surface area (Å²) in [5, 5.41) is 9.37. The third-order valence-corrected chi connectivity index (χ3v) is 4.36. The van der Waals surface area contributed by atoms with E-state index in [-0.39, 0.29) is 11.8 Å². The van der Waals surface area contributed by atoms with Gasteiger partial charge in [0.2, 0.25) is 0 Å². The topological polar surface area (TPSA) is 66.8 Å². The Morgan fingerprint density at radius 3 is 2.72 bits per heavy atom. The molecule has 1 heterocycles. The van der Waals surface area contributed by atoms with Crippen LogP contribution < -0.4 is 0 Å². The molecule has 5 nitrogen and oxygen atoms in total. The Hall–Kier alpha value is -1.10. The second-order valence-corrected chi connectivity index (χ2v) is 5.26. The van der Waals surface area contributed by atoms with E-state index in [1.165, 1.54) is 12.0 Å². The summed E-state index contributed by atoms with van der Waals surface area (Å²) in [6.07, 6.45) is 3.12. The van der Waals surface area contributed by atoms with E-state index in [1.807, 2.05) is 6.92 Å². The number of likely N-dealkylation sites (tertiary alicyclic amines) is 1. The van der Waals surface area contributed by atoms with Gasteiger partial charge in [0.25, 0.3) is 5.91 Å². The van der Waals surface area contributed by atoms with Crippen LogP contribution in [0.25, 0.3) is 0 Å². The van der Waals surface area contributed by atoms with Crippen LogP contribution in [0.15, 0.2) is 0 Å². The highest BCUT2D eigenvalue weighted by Gasteiger charge is 2.50. The highest BCUT2D eigenvalue weighted by molar-refractivity contribution is 5.87. The number of nitrogens with zero attached hydrogens (tertiary/aromatic N) is 1. The minimum Gasteiger partial charge on any atom is -0.480 e. The number of hydrogen-bond acceptors (Lipinski definition) is 3. The van der Waals surface area contributed by atoms with Gasteiger partial charge in [0.1, 0.15) is 12.1 Å². The number of hydrogen-bond donors (Lipinski definition) is 1. The summed E-state index contributed by atoms with van der Waals surface area (Å²) in [6.45, 7) is 2.46. The van der Waals surface area contributed by atoms with Gasteiger partial charge in [-0.25, -0.2) is 4.79 Å². The predicted octanol–water partition coefficient (Wildman–Crippen LogP) is 1.12. The zero-order valence-corrected chi connectivity index (χ0v) is 11.0. The number of carbonyl (C=O) groups is 2. The molecular formula is C13H21NO4. The fraction of sp³-hybridized carbons (Fsp3) is 0.846. The highest BCUT2D eigenvalue weighted by atomic mass is 16.5. The zero-order valence-electron chi connectivity index (χ0n) is 11.0. The Bertz CT molecular complexity index is 340. The summed E-state index contributed by atoms with van der Waals surface area (Å²) in [6, 6.07) is -0.644. The van der Waals surface area contributed by atoms with E-state index < -0.39 is 18.1 Å². The smallest absolute Gasteiger partial charge is 0.326 e. The molecule has 0 radical (unpaired) electrons. The van der Waals surface area contributed by atoms with Crippen molar-refractivity contribution in [3.8, 4) is 0 Å². The lowest BCUT2D eigenvalue weighted by atomic mass is 9.94. The number of rotatable bonds is 4. The van der Waals surface area contributed by atoms with Gasteiger partial charge in [-0.2, -0.15) is 0 Å². The van der Waals surface area contributed by atoms with Crippen molar-refractivity contribution in [1.29, 1.82) is 0 Å². The number of carbonyl (C=O) groups excluding carboxylic acids is 1. The molecule has 2 fully saturated rings. The molecule has 18 heavy (non-hydrogen) atoms. The summed E-state index contributed by atoms with van der Waals surface area (Å²) in [4.78, 5) is 25.3. The predicted molar refractivity (Wildman–Crippen MR) is 65.1 cm³/mol. The molecule has 0 aromatic carbocycles. The van der Waals surface area contributed by atoms with Gasteiger partial charge in [-0.3, -0.25) is 4.79 Å². The van der Waals surface area contributed by atoms with Crippen LogP contribution in [0.3, 0.4) is 0 Å². The van der Waals surface area contributed by atoms with E-state index in [0.29, 0.717) is 18.9 Å². The minimum atomic E-state index is -0.872. The standard InChI is InChI=1S/C13H21NO4/c1-3-10(18-2)12(15)14-7-8-5-4-6-9(8)11(14)13(16)17/h8-11H,3-7H2,1-2H3,(H,16,17). The maximum absolute atomic E-state index is 12.3. The average Bonchev–Trinajstić information content (AvgIpc) is 2.88. The first kappa shape index (κ1) is 13.3. The van der Waals surface area contributed by atoms with Gasteiger partial charge in [-0.1, -0.05) is 13.3 Å². The molecule has 4 unspecified atom stereocenters. The lowest BCUT2D eigenvalue weighted by Gasteiger charge is -2.27. The molecule has 0 aromatic rings. The number of methoxy groups -OCH3 is 1. The quantitative estimate of drug-likeness (QED) is 0.817. The fourth-order valence-corrected chi connectivity index (χ4v) is 3.48. The van der Waals surface area contributed by atoms with Gasteiger partial charge in [-0.05, 0) is 31.1 Å². The highest BCUT2D eigenvalue weighted by Crippen LogP contribution is 2.42. The molecular weight excluding hydrogens is 234 g/mol. The molecule has 1 N–H and O–H groups in total. The van der Waals surface area contributed by atoms with Crippen molar-refractivity contribution < 1.29 is 19.4 Å². The Labute approximate surface area is 107 Å².